The van der Waals surface area contributed by atoms with E-state index in [1.807, 2.05) is 19.1 Å². The van der Waals surface area contributed by atoms with Crippen molar-refractivity contribution < 1.29 is 22.6 Å². The van der Waals surface area contributed by atoms with Crippen molar-refractivity contribution in [1.82, 2.24) is 0 Å². The van der Waals surface area contributed by atoms with E-state index in [1.165, 1.54) is 0 Å². The Morgan fingerprint density at radius 1 is 1.30 bits per heavy atom. The largest absolute Gasteiger partial charge is 0.522 e. The van der Waals surface area contributed by atoms with Gasteiger partial charge in [-0.2, -0.15) is 0 Å². The molecule has 0 amide bonds. The van der Waals surface area contributed by atoms with Crippen LogP contribution in [0.15, 0.2) is 22.7 Å². The Labute approximate surface area is 124 Å². The molecule has 1 atom stereocenters. The van der Waals surface area contributed by atoms with Crippen LogP contribution in [0.5, 0.6) is 5.75 Å². The zero-order valence-electron chi connectivity index (χ0n) is 11.0. The van der Waals surface area contributed by atoms with E-state index < -0.39 is 13.0 Å². The summed E-state index contributed by atoms with van der Waals surface area (Å²) in [5.74, 6) is 0.476. The number of nitrogens with two attached hydrogens (primary N) is 1. The van der Waals surface area contributed by atoms with Gasteiger partial charge in [0, 0.05) is 6.04 Å². The van der Waals surface area contributed by atoms with Crippen molar-refractivity contribution in [2.45, 2.75) is 32.2 Å². The van der Waals surface area contributed by atoms with Crippen LogP contribution in [-0.2, 0) is 11.2 Å². The summed E-state index contributed by atoms with van der Waals surface area (Å²) in [7, 11) is 0. The minimum absolute atomic E-state index is 0.0915. The quantitative estimate of drug-likeness (QED) is 0.759. The van der Waals surface area contributed by atoms with Crippen LogP contribution in [-0.4, -0.2) is 25.6 Å². The van der Waals surface area contributed by atoms with E-state index in [0.717, 1.165) is 18.4 Å². The maximum atomic E-state index is 11.8. The molecule has 0 saturated heterocycles. The molecule has 1 aromatic rings. The third-order valence-electron chi connectivity index (χ3n) is 2.63. The first-order valence-electron chi connectivity index (χ1n) is 6.19. The molecule has 114 valence electrons. The second-order valence-corrected chi connectivity index (χ2v) is 5.13. The summed E-state index contributed by atoms with van der Waals surface area (Å²) >= 11 is 3.32. The molecule has 0 aliphatic carbocycles. The Balaban J connectivity index is 2.47. The molecule has 0 aliphatic heterocycles. The lowest BCUT2D eigenvalue weighted by Crippen LogP contribution is -2.21. The molecule has 3 nitrogen and oxygen atoms in total. The van der Waals surface area contributed by atoms with Crippen LogP contribution in [0.3, 0.4) is 0 Å². The molecular formula is C13H17BrF3NO2. The summed E-state index contributed by atoms with van der Waals surface area (Å²) in [4.78, 5) is 0. The van der Waals surface area contributed by atoms with Crippen LogP contribution in [0.4, 0.5) is 13.2 Å². The molecule has 2 N–H and O–H groups in total. The van der Waals surface area contributed by atoms with Gasteiger partial charge in [0.2, 0.25) is 0 Å². The fourth-order valence-corrected chi connectivity index (χ4v) is 2.09. The summed E-state index contributed by atoms with van der Waals surface area (Å²) in [6.07, 6.45) is -3.00. The predicted octanol–water partition coefficient (Wildman–Crippen LogP) is 3.64. The molecule has 7 heteroatoms. The van der Waals surface area contributed by atoms with Gasteiger partial charge in [0.05, 0.1) is 11.1 Å². The van der Waals surface area contributed by atoms with Crippen molar-refractivity contribution in [1.29, 1.82) is 0 Å². The normalized spacial score (nSPS) is 13.3. The molecule has 0 aliphatic rings. The molecule has 1 rings (SSSR count). The second-order valence-electron chi connectivity index (χ2n) is 4.28. The van der Waals surface area contributed by atoms with Crippen LogP contribution in [0, 0.1) is 0 Å². The number of benzene rings is 1. The predicted molar refractivity (Wildman–Crippen MR) is 73.6 cm³/mol. The van der Waals surface area contributed by atoms with Crippen LogP contribution in [0.2, 0.25) is 0 Å². The van der Waals surface area contributed by atoms with Gasteiger partial charge >= 0.3 is 6.36 Å². The monoisotopic (exact) mass is 355 g/mol. The Morgan fingerprint density at radius 3 is 2.55 bits per heavy atom. The van der Waals surface area contributed by atoms with Gasteiger partial charge in [-0.1, -0.05) is 13.0 Å². The number of ether oxygens (including phenoxy) is 2. The van der Waals surface area contributed by atoms with Crippen molar-refractivity contribution >= 4 is 15.9 Å². The topological polar surface area (TPSA) is 44.5 Å². The van der Waals surface area contributed by atoms with E-state index in [1.54, 1.807) is 6.07 Å². The third-order valence-corrected chi connectivity index (χ3v) is 3.24. The SMILES string of the molecule is CCC(N)Cc1ccc(OCCOC(F)(F)F)c(Br)c1. The Morgan fingerprint density at radius 2 is 2.00 bits per heavy atom. The van der Waals surface area contributed by atoms with Gasteiger partial charge in [0.1, 0.15) is 12.4 Å². The third kappa shape index (κ3) is 6.58. The molecule has 0 spiro atoms. The molecule has 0 heterocycles. The maximum absolute atomic E-state index is 11.8. The van der Waals surface area contributed by atoms with Crippen molar-refractivity contribution in [3.05, 3.63) is 28.2 Å². The molecule has 0 radical (unpaired) electrons. The van der Waals surface area contributed by atoms with E-state index in [-0.39, 0.29) is 12.6 Å². The zero-order valence-corrected chi connectivity index (χ0v) is 12.6. The van der Waals surface area contributed by atoms with Crippen LogP contribution in [0.25, 0.3) is 0 Å². The summed E-state index contributed by atoms with van der Waals surface area (Å²) < 4.78 is 44.8. The number of hydrogen-bond acceptors (Lipinski definition) is 3. The molecule has 20 heavy (non-hydrogen) atoms. The highest BCUT2D eigenvalue weighted by atomic mass is 79.9. The summed E-state index contributed by atoms with van der Waals surface area (Å²) in [6.45, 7) is 1.29. The maximum Gasteiger partial charge on any atom is 0.522 e. The zero-order chi connectivity index (χ0) is 15.2. The molecule has 0 saturated carbocycles. The van der Waals surface area contributed by atoms with Crippen LogP contribution < -0.4 is 10.5 Å². The molecular weight excluding hydrogens is 339 g/mol. The van der Waals surface area contributed by atoms with Crippen molar-refractivity contribution in [3.8, 4) is 5.75 Å². The fourth-order valence-electron chi connectivity index (χ4n) is 1.54. The van der Waals surface area contributed by atoms with Gasteiger partial charge in [-0.25, -0.2) is 0 Å². The summed E-state index contributed by atoms with van der Waals surface area (Å²) in [6, 6.07) is 5.50. The van der Waals surface area contributed by atoms with Gasteiger partial charge in [-0.3, -0.25) is 4.74 Å². The highest BCUT2D eigenvalue weighted by molar-refractivity contribution is 9.10. The molecule has 1 aromatic carbocycles. The minimum atomic E-state index is -4.62. The smallest absolute Gasteiger partial charge is 0.490 e. The van der Waals surface area contributed by atoms with Crippen LogP contribution >= 0.6 is 15.9 Å². The Hall–Kier alpha value is -0.790. The number of alkyl halides is 3. The average Bonchev–Trinajstić information content (AvgIpc) is 2.35. The minimum Gasteiger partial charge on any atom is -0.490 e. The standard InChI is InChI=1S/C13H17BrF3NO2/c1-2-10(18)7-9-3-4-12(11(14)8-9)19-5-6-20-13(15,16)17/h3-4,8,10H,2,5-7,18H2,1H3. The lowest BCUT2D eigenvalue weighted by molar-refractivity contribution is -0.325. The van der Waals surface area contributed by atoms with E-state index in [0.29, 0.717) is 10.2 Å². The number of rotatable bonds is 7. The average molecular weight is 356 g/mol. The summed E-state index contributed by atoms with van der Waals surface area (Å²) in [5.41, 5.74) is 6.91. The molecule has 0 bridgehead atoms. The second kappa shape index (κ2) is 7.85. The van der Waals surface area contributed by atoms with E-state index in [4.69, 9.17) is 10.5 Å². The van der Waals surface area contributed by atoms with Gasteiger partial charge in [-0.05, 0) is 46.5 Å². The van der Waals surface area contributed by atoms with Crippen molar-refractivity contribution in [2.24, 2.45) is 5.73 Å². The first kappa shape index (κ1) is 17.3. The van der Waals surface area contributed by atoms with Gasteiger partial charge in [-0.15, -0.1) is 13.2 Å². The highest BCUT2D eigenvalue weighted by Gasteiger charge is 2.28. The van der Waals surface area contributed by atoms with Crippen molar-refractivity contribution in [2.75, 3.05) is 13.2 Å². The number of halogens is 4. The van der Waals surface area contributed by atoms with E-state index in [2.05, 4.69) is 20.7 Å². The lowest BCUT2D eigenvalue weighted by atomic mass is 10.0. The highest BCUT2D eigenvalue weighted by Crippen LogP contribution is 2.26. The summed E-state index contributed by atoms with van der Waals surface area (Å²) in [5, 5.41) is 0. The van der Waals surface area contributed by atoms with Gasteiger partial charge < -0.3 is 10.5 Å². The first-order valence-corrected chi connectivity index (χ1v) is 6.98. The van der Waals surface area contributed by atoms with Gasteiger partial charge in [0.15, 0.2) is 0 Å². The van der Waals surface area contributed by atoms with E-state index in [9.17, 15) is 13.2 Å². The van der Waals surface area contributed by atoms with Crippen LogP contribution in [0.1, 0.15) is 18.9 Å². The van der Waals surface area contributed by atoms with Crippen molar-refractivity contribution in [3.63, 3.8) is 0 Å². The lowest BCUT2D eigenvalue weighted by Gasteiger charge is -2.12. The number of hydrogen-bond donors (Lipinski definition) is 1. The van der Waals surface area contributed by atoms with E-state index >= 15 is 0 Å². The van der Waals surface area contributed by atoms with Gasteiger partial charge in [0.25, 0.3) is 0 Å². The first-order chi connectivity index (χ1) is 9.31. The molecule has 0 aromatic heterocycles. The fraction of sp³-hybridized carbons (Fsp3) is 0.538. The molecule has 0 fully saturated rings. The molecule has 1 unspecified atom stereocenters. The Kier molecular flexibility index (Phi) is 6.78. The Bertz CT molecular complexity index is 427.